The van der Waals surface area contributed by atoms with E-state index in [0.29, 0.717) is 5.56 Å². The Morgan fingerprint density at radius 3 is 2.50 bits per heavy atom. The number of aromatic carboxylic acids is 1. The minimum atomic E-state index is -0.825. The molecule has 0 bridgehead atoms. The van der Waals surface area contributed by atoms with Crippen molar-refractivity contribution in [2.45, 2.75) is 46.1 Å². The van der Waals surface area contributed by atoms with Gasteiger partial charge in [0.05, 0.1) is 5.56 Å². The zero-order valence-corrected chi connectivity index (χ0v) is 12.3. The maximum absolute atomic E-state index is 11.0. The molecule has 0 fully saturated rings. The summed E-state index contributed by atoms with van der Waals surface area (Å²) in [5.41, 5.74) is 2.37. The second-order valence-corrected chi connectivity index (χ2v) is 5.63. The van der Waals surface area contributed by atoms with Crippen molar-refractivity contribution in [3.05, 3.63) is 23.0 Å². The fourth-order valence-electron chi connectivity index (χ4n) is 2.23. The molecule has 1 N–H and O–H groups in total. The van der Waals surface area contributed by atoms with Crippen LogP contribution in [0.1, 0.15) is 47.4 Å². The first-order valence-corrected chi connectivity index (χ1v) is 7.86. The van der Waals surface area contributed by atoms with Gasteiger partial charge in [0.2, 0.25) is 0 Å². The SMILES string of the molecule is CSCCCCCCn1c(C)cc(C(=O)O)c1C. The number of aryl methyl sites for hydroxylation is 1. The van der Waals surface area contributed by atoms with Crippen LogP contribution in [-0.4, -0.2) is 27.7 Å². The van der Waals surface area contributed by atoms with Crippen LogP contribution in [-0.2, 0) is 6.54 Å². The number of carboxylic acid groups (broad SMARTS) is 1. The number of unbranched alkanes of at least 4 members (excludes halogenated alkanes) is 3. The predicted octanol–water partition coefficient (Wildman–Crippen LogP) is 3.73. The molecular formula is C14H23NO2S. The van der Waals surface area contributed by atoms with Gasteiger partial charge in [-0.15, -0.1) is 0 Å². The number of carbonyl (C=O) groups is 1. The minimum Gasteiger partial charge on any atom is -0.478 e. The zero-order chi connectivity index (χ0) is 13.5. The summed E-state index contributed by atoms with van der Waals surface area (Å²) in [4.78, 5) is 11.0. The molecular weight excluding hydrogens is 246 g/mol. The Hall–Kier alpha value is -0.900. The van der Waals surface area contributed by atoms with E-state index in [9.17, 15) is 4.79 Å². The van der Waals surface area contributed by atoms with Crippen molar-refractivity contribution in [3.63, 3.8) is 0 Å². The van der Waals surface area contributed by atoms with E-state index in [1.165, 1.54) is 25.0 Å². The fourth-order valence-corrected chi connectivity index (χ4v) is 2.72. The number of nitrogens with zero attached hydrogens (tertiary/aromatic N) is 1. The average molecular weight is 269 g/mol. The van der Waals surface area contributed by atoms with Gasteiger partial charge >= 0.3 is 5.97 Å². The Kier molecular flexibility index (Phi) is 6.33. The van der Waals surface area contributed by atoms with E-state index in [0.717, 1.165) is 24.4 Å². The highest BCUT2D eigenvalue weighted by molar-refractivity contribution is 7.98. The monoisotopic (exact) mass is 269 g/mol. The molecule has 1 rings (SSSR count). The first kappa shape index (κ1) is 15.2. The molecule has 0 saturated heterocycles. The van der Waals surface area contributed by atoms with Crippen molar-refractivity contribution in [2.24, 2.45) is 0 Å². The highest BCUT2D eigenvalue weighted by Crippen LogP contribution is 2.16. The molecule has 1 heterocycles. The van der Waals surface area contributed by atoms with Crippen LogP contribution in [0.4, 0.5) is 0 Å². The van der Waals surface area contributed by atoms with Gasteiger partial charge in [-0.05, 0) is 44.8 Å². The van der Waals surface area contributed by atoms with Crippen molar-refractivity contribution < 1.29 is 9.90 Å². The van der Waals surface area contributed by atoms with Gasteiger partial charge in [0.1, 0.15) is 0 Å². The van der Waals surface area contributed by atoms with Crippen molar-refractivity contribution in [3.8, 4) is 0 Å². The molecule has 0 aliphatic rings. The molecule has 0 saturated carbocycles. The molecule has 0 atom stereocenters. The van der Waals surface area contributed by atoms with Gasteiger partial charge in [-0.2, -0.15) is 11.8 Å². The van der Waals surface area contributed by atoms with Crippen LogP contribution in [0.5, 0.6) is 0 Å². The predicted molar refractivity (Wildman–Crippen MR) is 77.7 cm³/mol. The molecule has 0 radical (unpaired) electrons. The zero-order valence-electron chi connectivity index (χ0n) is 11.5. The molecule has 18 heavy (non-hydrogen) atoms. The van der Waals surface area contributed by atoms with Crippen LogP contribution in [0.3, 0.4) is 0 Å². The summed E-state index contributed by atoms with van der Waals surface area (Å²) in [7, 11) is 0. The molecule has 0 spiro atoms. The van der Waals surface area contributed by atoms with E-state index in [1.54, 1.807) is 6.07 Å². The number of hydrogen-bond donors (Lipinski definition) is 1. The molecule has 0 amide bonds. The molecule has 3 nitrogen and oxygen atoms in total. The normalized spacial score (nSPS) is 10.8. The summed E-state index contributed by atoms with van der Waals surface area (Å²) in [6.45, 7) is 4.81. The van der Waals surface area contributed by atoms with Crippen molar-refractivity contribution in [2.75, 3.05) is 12.0 Å². The van der Waals surface area contributed by atoms with Crippen LogP contribution in [0.2, 0.25) is 0 Å². The Labute approximate surface area is 114 Å². The van der Waals surface area contributed by atoms with E-state index >= 15 is 0 Å². The summed E-state index contributed by atoms with van der Waals surface area (Å²) in [5.74, 6) is 0.416. The third-order valence-electron chi connectivity index (χ3n) is 3.28. The van der Waals surface area contributed by atoms with Gasteiger partial charge in [0.25, 0.3) is 0 Å². The molecule has 4 heteroatoms. The third kappa shape index (κ3) is 4.09. The highest BCUT2D eigenvalue weighted by Gasteiger charge is 2.13. The van der Waals surface area contributed by atoms with E-state index in [-0.39, 0.29) is 0 Å². The summed E-state index contributed by atoms with van der Waals surface area (Å²) >= 11 is 1.90. The van der Waals surface area contributed by atoms with Crippen LogP contribution < -0.4 is 0 Å². The van der Waals surface area contributed by atoms with Crippen LogP contribution in [0.25, 0.3) is 0 Å². The molecule has 0 aliphatic carbocycles. The molecule has 102 valence electrons. The van der Waals surface area contributed by atoms with E-state index in [1.807, 2.05) is 25.6 Å². The van der Waals surface area contributed by atoms with Gasteiger partial charge in [0, 0.05) is 17.9 Å². The van der Waals surface area contributed by atoms with Gasteiger partial charge in [-0.25, -0.2) is 4.79 Å². The lowest BCUT2D eigenvalue weighted by molar-refractivity contribution is 0.0696. The van der Waals surface area contributed by atoms with Gasteiger partial charge in [-0.1, -0.05) is 12.8 Å². The Morgan fingerprint density at radius 2 is 1.94 bits per heavy atom. The van der Waals surface area contributed by atoms with Crippen LogP contribution in [0, 0.1) is 13.8 Å². The largest absolute Gasteiger partial charge is 0.478 e. The average Bonchev–Trinajstić information content (AvgIpc) is 2.60. The van der Waals surface area contributed by atoms with Crippen LogP contribution >= 0.6 is 11.8 Å². The van der Waals surface area contributed by atoms with E-state index in [2.05, 4.69) is 10.8 Å². The fraction of sp³-hybridized carbons (Fsp3) is 0.643. The summed E-state index contributed by atoms with van der Waals surface area (Å²) in [5, 5.41) is 9.06. The molecule has 1 aromatic rings. The number of hydrogen-bond acceptors (Lipinski definition) is 2. The lowest BCUT2D eigenvalue weighted by Crippen LogP contribution is -2.05. The standard InChI is InChI=1S/C14H23NO2S/c1-11-10-13(14(16)17)12(2)15(11)8-6-4-5-7-9-18-3/h10H,4-9H2,1-3H3,(H,16,17). The van der Waals surface area contributed by atoms with Gasteiger partial charge in [0.15, 0.2) is 0 Å². The number of thioether (sulfide) groups is 1. The van der Waals surface area contributed by atoms with Gasteiger partial charge < -0.3 is 9.67 Å². The van der Waals surface area contributed by atoms with E-state index in [4.69, 9.17) is 5.11 Å². The maximum Gasteiger partial charge on any atom is 0.337 e. The minimum absolute atomic E-state index is 0.440. The number of rotatable bonds is 8. The van der Waals surface area contributed by atoms with Crippen LogP contribution in [0.15, 0.2) is 6.07 Å². The van der Waals surface area contributed by atoms with Gasteiger partial charge in [-0.3, -0.25) is 0 Å². The second kappa shape index (κ2) is 7.52. The first-order valence-electron chi connectivity index (χ1n) is 6.47. The smallest absolute Gasteiger partial charge is 0.337 e. The lowest BCUT2D eigenvalue weighted by atomic mass is 10.2. The Bertz CT molecular complexity index is 399. The number of aromatic nitrogens is 1. The topological polar surface area (TPSA) is 42.2 Å². The lowest BCUT2D eigenvalue weighted by Gasteiger charge is -2.09. The summed E-state index contributed by atoms with van der Waals surface area (Å²) in [6, 6.07) is 1.77. The maximum atomic E-state index is 11.0. The first-order chi connectivity index (χ1) is 8.57. The van der Waals surface area contributed by atoms with Crippen molar-refractivity contribution in [1.29, 1.82) is 0 Å². The Balaban J connectivity index is 2.45. The molecule has 0 aromatic carbocycles. The van der Waals surface area contributed by atoms with E-state index < -0.39 is 5.97 Å². The van der Waals surface area contributed by atoms with Crippen molar-refractivity contribution in [1.82, 2.24) is 4.57 Å². The molecule has 0 aliphatic heterocycles. The quantitative estimate of drug-likeness (QED) is 0.731. The highest BCUT2D eigenvalue weighted by atomic mass is 32.2. The second-order valence-electron chi connectivity index (χ2n) is 4.65. The Morgan fingerprint density at radius 1 is 1.28 bits per heavy atom. The number of carboxylic acids is 1. The van der Waals surface area contributed by atoms with Crippen molar-refractivity contribution >= 4 is 17.7 Å². The summed E-state index contributed by atoms with van der Waals surface area (Å²) in [6.07, 6.45) is 7.04. The summed E-state index contributed by atoms with van der Waals surface area (Å²) < 4.78 is 2.12. The molecule has 0 unspecified atom stereocenters. The molecule has 1 aromatic heterocycles. The third-order valence-corrected chi connectivity index (χ3v) is 3.98.